The van der Waals surface area contributed by atoms with Gasteiger partial charge in [0, 0.05) is 0 Å². The molecular weight excluding hydrogens is 230 g/mol. The first-order valence-electron chi connectivity index (χ1n) is 6.06. The summed E-state index contributed by atoms with van der Waals surface area (Å²) in [5.74, 6) is 0. The normalized spacial score (nSPS) is 18.6. The standard InChI is InChI=1S/C13H15N3O2/c17-9-11-7-16(15-14-11)8-13-12-4-2-1-3-10(12)5-6-18-13/h1-4,7,13,17H,5-6,8-9H2. The van der Waals surface area contributed by atoms with E-state index in [1.807, 2.05) is 6.07 Å². The number of aromatic nitrogens is 3. The lowest BCUT2D eigenvalue weighted by molar-refractivity contribution is 0.0279. The molecule has 5 heteroatoms. The Morgan fingerprint density at radius 2 is 2.28 bits per heavy atom. The van der Waals surface area contributed by atoms with Crippen LogP contribution in [0.15, 0.2) is 30.5 Å². The lowest BCUT2D eigenvalue weighted by Gasteiger charge is -2.25. The molecule has 0 bridgehead atoms. The Bertz CT molecular complexity index is 539. The molecule has 0 radical (unpaired) electrons. The van der Waals surface area contributed by atoms with E-state index in [0.29, 0.717) is 12.2 Å². The van der Waals surface area contributed by atoms with E-state index in [9.17, 15) is 0 Å². The number of hydrogen-bond donors (Lipinski definition) is 1. The molecule has 1 unspecified atom stereocenters. The molecule has 18 heavy (non-hydrogen) atoms. The molecule has 0 fully saturated rings. The Labute approximate surface area is 105 Å². The highest BCUT2D eigenvalue weighted by molar-refractivity contribution is 5.30. The van der Waals surface area contributed by atoms with Gasteiger partial charge in [-0.1, -0.05) is 29.5 Å². The van der Waals surface area contributed by atoms with Gasteiger partial charge in [-0.15, -0.1) is 5.10 Å². The molecule has 0 spiro atoms. The summed E-state index contributed by atoms with van der Waals surface area (Å²) in [6.07, 6.45) is 2.73. The molecule has 94 valence electrons. The van der Waals surface area contributed by atoms with Crippen molar-refractivity contribution in [1.29, 1.82) is 0 Å². The Hall–Kier alpha value is -1.72. The molecule has 1 aliphatic heterocycles. The van der Waals surface area contributed by atoms with Crippen LogP contribution in [0, 0.1) is 0 Å². The van der Waals surface area contributed by atoms with Gasteiger partial charge in [-0.2, -0.15) is 0 Å². The largest absolute Gasteiger partial charge is 0.390 e. The maximum absolute atomic E-state index is 8.97. The fourth-order valence-electron chi connectivity index (χ4n) is 2.30. The van der Waals surface area contributed by atoms with Crippen LogP contribution in [-0.2, 0) is 24.3 Å². The average Bonchev–Trinajstić information content (AvgIpc) is 2.87. The summed E-state index contributed by atoms with van der Waals surface area (Å²) in [6, 6.07) is 8.33. The van der Waals surface area contributed by atoms with Gasteiger partial charge >= 0.3 is 0 Å². The van der Waals surface area contributed by atoms with Crippen molar-refractivity contribution in [2.24, 2.45) is 0 Å². The number of hydrogen-bond acceptors (Lipinski definition) is 4. The molecule has 0 amide bonds. The van der Waals surface area contributed by atoms with Crippen LogP contribution in [0.3, 0.4) is 0 Å². The van der Waals surface area contributed by atoms with E-state index in [2.05, 4.69) is 28.5 Å². The SMILES string of the molecule is OCc1cn(CC2OCCc3ccccc32)nn1. The Morgan fingerprint density at radius 3 is 3.11 bits per heavy atom. The van der Waals surface area contributed by atoms with Gasteiger partial charge in [-0.05, 0) is 17.5 Å². The number of aliphatic hydroxyl groups excluding tert-OH is 1. The van der Waals surface area contributed by atoms with Crippen LogP contribution in [0.5, 0.6) is 0 Å². The monoisotopic (exact) mass is 245 g/mol. The van der Waals surface area contributed by atoms with Crippen molar-refractivity contribution in [2.75, 3.05) is 6.61 Å². The smallest absolute Gasteiger partial charge is 0.108 e. The molecule has 1 aliphatic rings. The molecule has 1 N–H and O–H groups in total. The average molecular weight is 245 g/mol. The van der Waals surface area contributed by atoms with Gasteiger partial charge in [-0.3, -0.25) is 0 Å². The van der Waals surface area contributed by atoms with Crippen molar-refractivity contribution in [3.05, 3.63) is 47.3 Å². The zero-order valence-corrected chi connectivity index (χ0v) is 9.99. The first-order chi connectivity index (χ1) is 8.86. The lowest BCUT2D eigenvalue weighted by Crippen LogP contribution is -2.20. The highest BCUT2D eigenvalue weighted by Gasteiger charge is 2.21. The Morgan fingerprint density at radius 1 is 1.39 bits per heavy atom. The molecule has 1 atom stereocenters. The molecule has 0 saturated heterocycles. The van der Waals surface area contributed by atoms with Gasteiger partial charge in [0.1, 0.15) is 11.8 Å². The van der Waals surface area contributed by atoms with Crippen molar-refractivity contribution < 1.29 is 9.84 Å². The topological polar surface area (TPSA) is 60.2 Å². The Kier molecular flexibility index (Phi) is 3.08. The van der Waals surface area contributed by atoms with Crippen LogP contribution in [-0.4, -0.2) is 26.7 Å². The minimum absolute atomic E-state index is 0.0168. The van der Waals surface area contributed by atoms with Crippen molar-refractivity contribution in [3.63, 3.8) is 0 Å². The number of nitrogens with zero attached hydrogens (tertiary/aromatic N) is 3. The summed E-state index contributed by atoms with van der Waals surface area (Å²) in [5, 5.41) is 16.8. The van der Waals surface area contributed by atoms with Gasteiger partial charge < -0.3 is 9.84 Å². The second-order valence-corrected chi connectivity index (χ2v) is 4.40. The van der Waals surface area contributed by atoms with Crippen LogP contribution in [0.2, 0.25) is 0 Å². The predicted molar refractivity (Wildman–Crippen MR) is 64.8 cm³/mol. The first-order valence-corrected chi connectivity index (χ1v) is 6.06. The summed E-state index contributed by atoms with van der Waals surface area (Å²) >= 11 is 0. The van der Waals surface area contributed by atoms with E-state index >= 15 is 0 Å². The van der Waals surface area contributed by atoms with Crippen LogP contribution in [0.25, 0.3) is 0 Å². The fraction of sp³-hybridized carbons (Fsp3) is 0.385. The van der Waals surface area contributed by atoms with E-state index in [0.717, 1.165) is 13.0 Å². The molecule has 5 nitrogen and oxygen atoms in total. The lowest BCUT2D eigenvalue weighted by atomic mass is 9.98. The molecular formula is C13H15N3O2. The van der Waals surface area contributed by atoms with Gasteiger partial charge in [-0.25, -0.2) is 4.68 Å². The van der Waals surface area contributed by atoms with Crippen LogP contribution >= 0.6 is 0 Å². The minimum atomic E-state index is -0.0812. The second kappa shape index (κ2) is 4.88. The highest BCUT2D eigenvalue weighted by Crippen LogP contribution is 2.27. The summed E-state index contributed by atoms with van der Waals surface area (Å²) < 4.78 is 7.52. The molecule has 3 rings (SSSR count). The number of aliphatic hydroxyl groups is 1. The molecule has 1 aromatic carbocycles. The Balaban J connectivity index is 1.81. The van der Waals surface area contributed by atoms with E-state index in [4.69, 9.17) is 9.84 Å². The van der Waals surface area contributed by atoms with E-state index in [1.54, 1.807) is 10.9 Å². The van der Waals surface area contributed by atoms with Gasteiger partial charge in [0.2, 0.25) is 0 Å². The van der Waals surface area contributed by atoms with Gasteiger partial charge in [0.05, 0.1) is 26.0 Å². The third-order valence-electron chi connectivity index (χ3n) is 3.19. The zero-order valence-electron chi connectivity index (χ0n) is 9.99. The number of rotatable bonds is 3. The van der Waals surface area contributed by atoms with Gasteiger partial charge in [0.15, 0.2) is 0 Å². The third-order valence-corrected chi connectivity index (χ3v) is 3.19. The van der Waals surface area contributed by atoms with Crippen LogP contribution < -0.4 is 0 Å². The van der Waals surface area contributed by atoms with Crippen molar-refractivity contribution in [3.8, 4) is 0 Å². The second-order valence-electron chi connectivity index (χ2n) is 4.40. The van der Waals surface area contributed by atoms with Crippen LogP contribution in [0.4, 0.5) is 0 Å². The third kappa shape index (κ3) is 2.14. The van der Waals surface area contributed by atoms with Gasteiger partial charge in [0.25, 0.3) is 0 Å². The number of benzene rings is 1. The first kappa shape index (κ1) is 11.4. The van der Waals surface area contributed by atoms with Crippen molar-refractivity contribution >= 4 is 0 Å². The molecule has 1 aromatic heterocycles. The maximum atomic E-state index is 8.97. The maximum Gasteiger partial charge on any atom is 0.108 e. The number of ether oxygens (including phenoxy) is 1. The van der Waals surface area contributed by atoms with E-state index < -0.39 is 0 Å². The zero-order chi connectivity index (χ0) is 12.4. The number of fused-ring (bicyclic) bond motifs is 1. The highest BCUT2D eigenvalue weighted by atomic mass is 16.5. The summed E-state index contributed by atoms with van der Waals surface area (Å²) in [6.45, 7) is 1.29. The fourth-order valence-corrected chi connectivity index (χ4v) is 2.30. The molecule has 2 aromatic rings. The minimum Gasteiger partial charge on any atom is -0.390 e. The molecule has 0 saturated carbocycles. The molecule has 2 heterocycles. The van der Waals surface area contributed by atoms with Crippen molar-refractivity contribution in [1.82, 2.24) is 15.0 Å². The summed E-state index contributed by atoms with van der Waals surface area (Å²) in [5.41, 5.74) is 3.15. The van der Waals surface area contributed by atoms with Crippen molar-refractivity contribution in [2.45, 2.75) is 25.7 Å². The van der Waals surface area contributed by atoms with E-state index in [-0.39, 0.29) is 12.7 Å². The van der Waals surface area contributed by atoms with Crippen LogP contribution in [0.1, 0.15) is 22.9 Å². The quantitative estimate of drug-likeness (QED) is 0.879. The predicted octanol–water partition coefficient (Wildman–Crippen LogP) is 1.08. The van der Waals surface area contributed by atoms with E-state index in [1.165, 1.54) is 11.1 Å². The molecule has 0 aliphatic carbocycles. The summed E-state index contributed by atoms with van der Waals surface area (Å²) in [7, 11) is 0. The summed E-state index contributed by atoms with van der Waals surface area (Å²) in [4.78, 5) is 0.